The normalized spacial score (nSPS) is 18.6. The number of hydrogen-bond donors (Lipinski definition) is 4. The van der Waals surface area contributed by atoms with Gasteiger partial charge in [0.1, 0.15) is 0 Å². The number of nitrogens with zero attached hydrogens (tertiary/aromatic N) is 2. The zero-order valence-corrected chi connectivity index (χ0v) is 20.8. The van der Waals surface area contributed by atoms with Crippen LogP contribution in [-0.4, -0.2) is 74.7 Å². The predicted molar refractivity (Wildman–Crippen MR) is 137 cm³/mol. The highest BCUT2D eigenvalue weighted by atomic mass is 32.3. The number of nitrogens with one attached hydrogen (secondary N) is 2. The van der Waals surface area contributed by atoms with E-state index in [0.717, 1.165) is 24.3 Å². The van der Waals surface area contributed by atoms with Gasteiger partial charge in [-0.1, -0.05) is 12.2 Å². The Hall–Kier alpha value is -2.85. The number of hydrogen-bond acceptors (Lipinski definition) is 5. The monoisotopic (exact) mass is 484 g/mol. The lowest BCUT2D eigenvalue weighted by Gasteiger charge is -2.32. The van der Waals surface area contributed by atoms with Gasteiger partial charge in [-0.3, -0.25) is 18.7 Å². The molecular formula is C25H32N4O4S. The maximum atomic E-state index is 13.2. The summed E-state index contributed by atoms with van der Waals surface area (Å²) in [4.78, 5) is 33.8. The van der Waals surface area contributed by atoms with Crippen LogP contribution < -0.4 is 5.32 Å². The van der Waals surface area contributed by atoms with E-state index in [0.29, 0.717) is 46.1 Å². The Morgan fingerprint density at radius 3 is 2.56 bits per heavy atom. The molecule has 8 nitrogen and oxygen atoms in total. The molecule has 4 rings (SSSR count). The summed E-state index contributed by atoms with van der Waals surface area (Å²) in [5.74, 6) is -0.147. The van der Waals surface area contributed by atoms with Crippen LogP contribution in [0.1, 0.15) is 39.8 Å². The largest absolute Gasteiger partial charge is 0.358 e. The summed E-state index contributed by atoms with van der Waals surface area (Å²) in [7, 11) is -0.961. The summed E-state index contributed by atoms with van der Waals surface area (Å²) in [6.45, 7) is 8.65. The number of carbonyl (C=O) groups is 2. The number of piperazine rings is 1. The first-order valence-electron chi connectivity index (χ1n) is 11.3. The fraction of sp³-hybridized carbons (Fsp3) is 0.360. The number of likely N-dealkylation sites (N-methyl/N-ethyl adjacent to an activating group) is 1. The molecule has 0 radical (unpaired) electrons. The zero-order valence-electron chi connectivity index (χ0n) is 20.0. The third kappa shape index (κ3) is 4.56. The van der Waals surface area contributed by atoms with E-state index in [9.17, 15) is 18.7 Å². The van der Waals surface area contributed by atoms with Crippen LogP contribution in [0.25, 0.3) is 11.6 Å². The number of rotatable bonds is 5. The molecule has 4 N–H and O–H groups in total. The van der Waals surface area contributed by atoms with Gasteiger partial charge in [-0.25, -0.2) is 0 Å². The number of aromatic nitrogens is 1. The van der Waals surface area contributed by atoms with E-state index in [1.165, 1.54) is 0 Å². The van der Waals surface area contributed by atoms with Gasteiger partial charge in [0.15, 0.2) is 0 Å². The topological polar surface area (TPSA) is 109 Å². The molecule has 1 saturated heterocycles. The molecule has 2 aliphatic rings. The van der Waals surface area contributed by atoms with Crippen molar-refractivity contribution < 1.29 is 18.7 Å². The molecule has 2 aromatic rings. The van der Waals surface area contributed by atoms with E-state index >= 15 is 0 Å². The minimum atomic E-state index is -3.01. The molecule has 0 bridgehead atoms. The van der Waals surface area contributed by atoms with Gasteiger partial charge in [-0.05, 0) is 57.7 Å². The Bertz CT molecular complexity index is 1190. The number of amides is 2. The van der Waals surface area contributed by atoms with Crippen LogP contribution in [0, 0.1) is 13.8 Å². The smallest absolute Gasteiger partial charge is 0.256 e. The van der Waals surface area contributed by atoms with E-state index in [1.807, 2.05) is 25.7 Å². The first-order valence-corrected chi connectivity index (χ1v) is 13.1. The van der Waals surface area contributed by atoms with Gasteiger partial charge in [-0.2, -0.15) is 10.6 Å². The van der Waals surface area contributed by atoms with E-state index in [2.05, 4.69) is 22.2 Å². The fourth-order valence-corrected chi connectivity index (χ4v) is 5.64. The summed E-state index contributed by atoms with van der Waals surface area (Å²) in [6, 6.07) is 5.00. The highest BCUT2D eigenvalue weighted by Crippen LogP contribution is 2.50. The molecule has 2 aliphatic heterocycles. The molecule has 0 spiro atoms. The lowest BCUT2D eigenvalue weighted by atomic mass is 10.0. The van der Waals surface area contributed by atoms with Gasteiger partial charge in [0.25, 0.3) is 11.8 Å². The molecular weight excluding hydrogens is 452 g/mol. The van der Waals surface area contributed by atoms with Gasteiger partial charge in [0.05, 0.1) is 21.8 Å². The number of aromatic amines is 1. The minimum Gasteiger partial charge on any atom is -0.358 e. The van der Waals surface area contributed by atoms with Crippen LogP contribution in [0.5, 0.6) is 0 Å². The lowest BCUT2D eigenvalue weighted by molar-refractivity contribution is -0.110. The fourth-order valence-electron chi connectivity index (χ4n) is 4.39. The van der Waals surface area contributed by atoms with Gasteiger partial charge < -0.3 is 20.1 Å². The molecule has 34 heavy (non-hydrogen) atoms. The average molecular weight is 485 g/mol. The van der Waals surface area contributed by atoms with Gasteiger partial charge in [-0.15, -0.1) is 0 Å². The van der Waals surface area contributed by atoms with Gasteiger partial charge in [0, 0.05) is 48.8 Å². The molecule has 9 heteroatoms. The van der Waals surface area contributed by atoms with Crippen LogP contribution in [0.3, 0.4) is 0 Å². The third-order valence-electron chi connectivity index (χ3n) is 6.49. The van der Waals surface area contributed by atoms with E-state index < -0.39 is 10.6 Å². The Morgan fingerprint density at radius 1 is 1.18 bits per heavy atom. The number of carbonyl (C=O) groups excluding carboxylic acids is 2. The number of aryl methyl sites for hydroxylation is 1. The molecule has 3 heterocycles. The van der Waals surface area contributed by atoms with Gasteiger partial charge >= 0.3 is 0 Å². The molecule has 2 amide bonds. The van der Waals surface area contributed by atoms with Crippen LogP contribution in [0.15, 0.2) is 35.2 Å². The Morgan fingerprint density at radius 2 is 1.88 bits per heavy atom. The summed E-state index contributed by atoms with van der Waals surface area (Å²) >= 11 is 0. The summed E-state index contributed by atoms with van der Waals surface area (Å²) in [5, 5.41) is 2.84. The highest BCUT2D eigenvalue weighted by molar-refractivity contribution is 8.24. The van der Waals surface area contributed by atoms with Crippen LogP contribution in [0.2, 0.25) is 0 Å². The van der Waals surface area contributed by atoms with Crippen molar-refractivity contribution in [1.82, 2.24) is 14.8 Å². The molecule has 0 aliphatic carbocycles. The van der Waals surface area contributed by atoms with Gasteiger partial charge in [0.2, 0.25) is 0 Å². The van der Waals surface area contributed by atoms with Crippen molar-refractivity contribution in [3.8, 4) is 0 Å². The molecule has 1 aromatic carbocycles. The Labute approximate surface area is 201 Å². The number of anilines is 1. The average Bonchev–Trinajstić information content (AvgIpc) is 3.26. The molecule has 182 valence electrons. The van der Waals surface area contributed by atoms with Crippen LogP contribution >= 0.6 is 10.6 Å². The highest BCUT2D eigenvalue weighted by Gasteiger charge is 2.29. The van der Waals surface area contributed by atoms with Crippen molar-refractivity contribution in [2.45, 2.75) is 25.7 Å². The molecule has 0 unspecified atom stereocenters. The van der Waals surface area contributed by atoms with Crippen molar-refractivity contribution in [3.05, 3.63) is 58.4 Å². The quantitative estimate of drug-likeness (QED) is 0.376. The van der Waals surface area contributed by atoms with E-state index in [-0.39, 0.29) is 17.6 Å². The summed E-state index contributed by atoms with van der Waals surface area (Å²) in [5.41, 5.74) is 4.55. The minimum absolute atomic E-state index is 0.000448. The van der Waals surface area contributed by atoms with Crippen molar-refractivity contribution in [2.75, 3.05) is 44.3 Å². The molecule has 0 saturated carbocycles. The van der Waals surface area contributed by atoms with Crippen LogP contribution in [-0.2, 0) is 4.79 Å². The predicted octanol–water partition coefficient (Wildman–Crippen LogP) is 4.20. The number of allylic oxidation sites excluding steroid dienone is 1. The standard InChI is InChI=1S/C25H32N4O4S/c1-5-6-13-34(32,33)18-7-8-21-19(14-18)20(24(30)27-21)15-22-16(2)23(17(3)26-22)25(31)29-11-9-28(4)10-12-29/h5-8,14-15,26,32-33H,9-13H2,1-4H3,(H,27,30)/b6-5+,20-15-. The number of benzene rings is 1. The second kappa shape index (κ2) is 9.42. The maximum absolute atomic E-state index is 13.2. The van der Waals surface area contributed by atoms with Crippen molar-refractivity contribution >= 4 is 39.7 Å². The molecule has 1 aromatic heterocycles. The first-order chi connectivity index (χ1) is 16.1. The summed E-state index contributed by atoms with van der Waals surface area (Å²) in [6.07, 6.45) is 5.23. The number of fused-ring (bicyclic) bond motifs is 1. The van der Waals surface area contributed by atoms with E-state index in [4.69, 9.17) is 0 Å². The first kappa shape index (κ1) is 24.3. The lowest BCUT2D eigenvalue weighted by Crippen LogP contribution is -2.47. The van der Waals surface area contributed by atoms with E-state index in [1.54, 1.807) is 36.4 Å². The maximum Gasteiger partial charge on any atom is 0.256 e. The molecule has 0 atom stereocenters. The summed E-state index contributed by atoms with van der Waals surface area (Å²) < 4.78 is 21.2. The Kier molecular flexibility index (Phi) is 6.73. The second-order valence-corrected chi connectivity index (χ2v) is 11.0. The van der Waals surface area contributed by atoms with Crippen LogP contribution in [0.4, 0.5) is 5.69 Å². The Balaban J connectivity index is 1.68. The molecule has 1 fully saturated rings. The van der Waals surface area contributed by atoms with Crippen molar-refractivity contribution in [1.29, 1.82) is 0 Å². The SMILES string of the molecule is C/C=C/CS(O)(O)c1ccc2c(c1)/C(=C/c1[nH]c(C)c(C(=O)N3CCN(C)CC3)c1C)C(=O)N2. The zero-order chi connectivity index (χ0) is 24.6. The second-order valence-electron chi connectivity index (χ2n) is 8.88. The van der Waals surface area contributed by atoms with Crippen molar-refractivity contribution in [3.63, 3.8) is 0 Å². The third-order valence-corrected chi connectivity index (χ3v) is 8.15. The number of H-pyrrole nitrogens is 1. The van der Waals surface area contributed by atoms with Crippen molar-refractivity contribution in [2.24, 2.45) is 0 Å².